The average molecular weight is 334 g/mol. The van der Waals surface area contributed by atoms with Crippen LogP contribution in [0.5, 0.6) is 0 Å². The highest BCUT2D eigenvalue weighted by atomic mass is 35.5. The van der Waals surface area contributed by atoms with E-state index >= 15 is 0 Å². The summed E-state index contributed by atoms with van der Waals surface area (Å²) in [6.07, 6.45) is 2.91. The number of hydrogen-bond acceptors (Lipinski definition) is 4. The van der Waals surface area contributed by atoms with Gasteiger partial charge in [0.05, 0.1) is 18.3 Å². The van der Waals surface area contributed by atoms with Crippen LogP contribution in [-0.2, 0) is 11.3 Å². The van der Waals surface area contributed by atoms with E-state index in [0.29, 0.717) is 11.6 Å². The molecule has 2 aromatic rings. The molecule has 0 bridgehead atoms. The molecule has 1 fully saturated rings. The van der Waals surface area contributed by atoms with Gasteiger partial charge in [0.25, 0.3) is 5.91 Å². The van der Waals surface area contributed by atoms with Crippen LogP contribution in [0.2, 0.25) is 5.02 Å². The molecule has 8 nitrogen and oxygen atoms in total. The molecule has 1 aromatic carbocycles. The number of hydrazine groups is 1. The lowest BCUT2D eigenvalue weighted by Crippen LogP contribution is -2.44. The molecule has 2 heterocycles. The summed E-state index contributed by atoms with van der Waals surface area (Å²) in [5.41, 5.74) is 3.48. The van der Waals surface area contributed by atoms with Crippen LogP contribution in [-0.4, -0.2) is 39.2 Å². The summed E-state index contributed by atoms with van der Waals surface area (Å²) in [5, 5.41) is 7.68. The van der Waals surface area contributed by atoms with E-state index in [1.807, 2.05) is 18.2 Å². The highest BCUT2D eigenvalue weighted by Crippen LogP contribution is 2.16. The van der Waals surface area contributed by atoms with Gasteiger partial charge in [0, 0.05) is 11.2 Å². The monoisotopic (exact) mass is 333 g/mol. The fourth-order valence-corrected chi connectivity index (χ4v) is 2.28. The molecule has 0 unspecified atom stereocenters. The van der Waals surface area contributed by atoms with Crippen LogP contribution in [0.4, 0.5) is 4.79 Å². The number of halogens is 1. The van der Waals surface area contributed by atoms with Crippen molar-refractivity contribution in [3.8, 4) is 0 Å². The summed E-state index contributed by atoms with van der Waals surface area (Å²) in [6.45, 7) is 0.202. The first-order valence-electron chi connectivity index (χ1n) is 6.71. The maximum Gasteiger partial charge on any atom is 0.343 e. The van der Waals surface area contributed by atoms with Gasteiger partial charge in [-0.3, -0.25) is 25.0 Å². The minimum Gasteiger partial charge on any atom is -0.275 e. The van der Waals surface area contributed by atoms with Crippen molar-refractivity contribution in [2.24, 2.45) is 0 Å². The number of aromatic nitrogens is 2. The van der Waals surface area contributed by atoms with Gasteiger partial charge in [-0.2, -0.15) is 5.10 Å². The number of hydrogen-bond donors (Lipinski definition) is 2. The van der Waals surface area contributed by atoms with Crippen molar-refractivity contribution in [1.29, 1.82) is 0 Å². The molecule has 0 atom stereocenters. The Labute approximate surface area is 136 Å². The van der Waals surface area contributed by atoms with Crippen LogP contribution in [0.15, 0.2) is 36.7 Å². The predicted molar refractivity (Wildman–Crippen MR) is 80.5 cm³/mol. The molecule has 118 valence electrons. The predicted octanol–water partition coefficient (Wildman–Crippen LogP) is 0.781. The minimum atomic E-state index is -0.660. The summed E-state index contributed by atoms with van der Waals surface area (Å²) in [7, 11) is 0. The van der Waals surface area contributed by atoms with Gasteiger partial charge in [-0.05, 0) is 11.6 Å². The van der Waals surface area contributed by atoms with E-state index in [4.69, 9.17) is 11.6 Å². The van der Waals surface area contributed by atoms with Crippen molar-refractivity contribution in [3.63, 3.8) is 0 Å². The molecule has 9 heteroatoms. The van der Waals surface area contributed by atoms with Crippen LogP contribution in [0.3, 0.4) is 0 Å². The molecule has 0 spiro atoms. The maximum atomic E-state index is 12.1. The van der Waals surface area contributed by atoms with Gasteiger partial charge >= 0.3 is 6.03 Å². The Morgan fingerprint density at radius 2 is 2.13 bits per heavy atom. The second kappa shape index (κ2) is 6.09. The van der Waals surface area contributed by atoms with E-state index < -0.39 is 17.8 Å². The van der Waals surface area contributed by atoms with E-state index in [9.17, 15) is 14.4 Å². The molecule has 3 rings (SSSR count). The minimum absolute atomic E-state index is 0.210. The van der Waals surface area contributed by atoms with Gasteiger partial charge in [0.1, 0.15) is 6.54 Å². The number of amides is 4. The Morgan fingerprint density at radius 3 is 2.83 bits per heavy atom. The first kappa shape index (κ1) is 15.0. The first-order chi connectivity index (χ1) is 11.0. The van der Waals surface area contributed by atoms with Crippen molar-refractivity contribution in [1.82, 2.24) is 25.5 Å². The normalized spacial score (nSPS) is 14.0. The van der Waals surface area contributed by atoms with E-state index in [-0.39, 0.29) is 12.1 Å². The molecule has 0 radical (unpaired) electrons. The molecule has 0 saturated carbocycles. The van der Waals surface area contributed by atoms with Crippen molar-refractivity contribution in [2.45, 2.75) is 6.54 Å². The fourth-order valence-electron chi connectivity index (χ4n) is 2.09. The second-order valence-corrected chi connectivity index (χ2v) is 5.31. The summed E-state index contributed by atoms with van der Waals surface area (Å²) < 4.78 is 1.56. The number of rotatable bonds is 4. The summed E-state index contributed by atoms with van der Waals surface area (Å²) in [6, 6.07) is 6.67. The highest BCUT2D eigenvalue weighted by Gasteiger charge is 2.28. The number of urea groups is 1. The smallest absolute Gasteiger partial charge is 0.275 e. The van der Waals surface area contributed by atoms with Crippen LogP contribution in [0, 0.1) is 0 Å². The average Bonchev–Trinajstić information content (AvgIpc) is 3.09. The Balaban J connectivity index is 1.67. The second-order valence-electron chi connectivity index (χ2n) is 4.90. The van der Waals surface area contributed by atoms with E-state index in [1.54, 1.807) is 10.7 Å². The number of imide groups is 1. The third-order valence-electron chi connectivity index (χ3n) is 3.22. The van der Waals surface area contributed by atoms with Crippen LogP contribution < -0.4 is 10.7 Å². The van der Waals surface area contributed by atoms with Crippen LogP contribution >= 0.6 is 11.6 Å². The summed E-state index contributed by atoms with van der Waals surface area (Å²) >= 11 is 6.08. The number of carbonyl (C=O) groups excluding carboxylic acids is 3. The van der Waals surface area contributed by atoms with E-state index in [0.717, 1.165) is 10.6 Å². The van der Waals surface area contributed by atoms with Crippen LogP contribution in [0.1, 0.15) is 15.9 Å². The van der Waals surface area contributed by atoms with Gasteiger partial charge in [0.2, 0.25) is 5.91 Å². The molecule has 23 heavy (non-hydrogen) atoms. The third-order valence-corrected chi connectivity index (χ3v) is 3.58. The van der Waals surface area contributed by atoms with Gasteiger partial charge in [0.15, 0.2) is 0 Å². The fraction of sp³-hybridized carbons (Fsp3) is 0.143. The molecule has 1 aliphatic heterocycles. The topological polar surface area (TPSA) is 96.3 Å². The number of nitrogens with one attached hydrogen (secondary N) is 2. The van der Waals surface area contributed by atoms with Crippen molar-refractivity contribution < 1.29 is 14.4 Å². The maximum absolute atomic E-state index is 12.1. The van der Waals surface area contributed by atoms with Gasteiger partial charge in [-0.25, -0.2) is 9.80 Å². The third kappa shape index (κ3) is 3.32. The summed E-state index contributed by atoms with van der Waals surface area (Å²) in [4.78, 5) is 34.5. The lowest BCUT2D eigenvalue weighted by Gasteiger charge is -2.13. The van der Waals surface area contributed by atoms with Crippen molar-refractivity contribution in [3.05, 3.63) is 52.8 Å². The number of nitrogens with zero attached hydrogens (tertiary/aromatic N) is 3. The standard InChI is InChI=1S/C14H12ClN5O3/c15-11-4-2-1-3-9(11)6-19-7-10(5-16-19)13(22)18-20-8-12(21)17-14(20)23/h1-5,7H,6,8H2,(H,18,22)(H,17,21,23). The zero-order valence-corrected chi connectivity index (χ0v) is 12.6. The molecule has 2 N–H and O–H groups in total. The Hall–Kier alpha value is -2.87. The van der Waals surface area contributed by atoms with E-state index in [1.165, 1.54) is 12.4 Å². The first-order valence-corrected chi connectivity index (χ1v) is 7.09. The lowest BCUT2D eigenvalue weighted by molar-refractivity contribution is -0.118. The Morgan fingerprint density at radius 1 is 1.35 bits per heavy atom. The molecule has 0 aliphatic carbocycles. The molecular weight excluding hydrogens is 322 g/mol. The van der Waals surface area contributed by atoms with Gasteiger partial charge in [-0.1, -0.05) is 29.8 Å². The lowest BCUT2D eigenvalue weighted by atomic mass is 10.2. The molecular formula is C14H12ClN5O3. The molecule has 1 aromatic heterocycles. The van der Waals surface area contributed by atoms with Gasteiger partial charge in [-0.15, -0.1) is 0 Å². The number of carbonyl (C=O) groups is 3. The largest absolute Gasteiger partial charge is 0.343 e. The SMILES string of the molecule is O=C1CN(NC(=O)c2cnn(Cc3ccccc3Cl)c2)C(=O)N1. The van der Waals surface area contributed by atoms with Crippen molar-refractivity contribution >= 4 is 29.4 Å². The van der Waals surface area contributed by atoms with Gasteiger partial charge < -0.3 is 0 Å². The molecule has 4 amide bonds. The highest BCUT2D eigenvalue weighted by molar-refractivity contribution is 6.31. The zero-order valence-electron chi connectivity index (χ0n) is 11.8. The molecule has 1 saturated heterocycles. The molecule has 1 aliphatic rings. The van der Waals surface area contributed by atoms with E-state index in [2.05, 4.69) is 15.8 Å². The van der Waals surface area contributed by atoms with Crippen LogP contribution in [0.25, 0.3) is 0 Å². The van der Waals surface area contributed by atoms with Crippen molar-refractivity contribution in [2.75, 3.05) is 6.54 Å². The zero-order chi connectivity index (χ0) is 16.4. The Kier molecular flexibility index (Phi) is 3.98. The quantitative estimate of drug-likeness (QED) is 0.808. The Bertz CT molecular complexity index is 788. The summed E-state index contributed by atoms with van der Waals surface area (Å²) in [5.74, 6) is -0.995. The number of benzene rings is 1.